The summed E-state index contributed by atoms with van der Waals surface area (Å²) in [5.41, 5.74) is 2.58. The lowest BCUT2D eigenvalue weighted by Gasteiger charge is -2.13. The molecular weight excluding hydrogens is 252 g/mol. The average molecular weight is 272 g/mol. The summed E-state index contributed by atoms with van der Waals surface area (Å²) in [5, 5.41) is 14.3. The largest absolute Gasteiger partial charge is 0.386 e. The molecule has 1 unspecified atom stereocenters. The van der Waals surface area contributed by atoms with Crippen LogP contribution in [0.15, 0.2) is 41.2 Å². The van der Waals surface area contributed by atoms with Crippen LogP contribution in [0, 0.1) is 6.92 Å². The fourth-order valence-electron chi connectivity index (χ4n) is 2.05. The van der Waals surface area contributed by atoms with Crippen LogP contribution in [0.1, 0.15) is 42.7 Å². The number of aromatic nitrogens is 2. The zero-order valence-electron chi connectivity index (χ0n) is 12.1. The first-order chi connectivity index (χ1) is 9.47. The molecule has 1 aromatic carbocycles. The van der Waals surface area contributed by atoms with Crippen LogP contribution in [0.5, 0.6) is 0 Å². The van der Waals surface area contributed by atoms with Gasteiger partial charge in [0.2, 0.25) is 0 Å². The summed E-state index contributed by atoms with van der Waals surface area (Å²) in [6.07, 6.45) is -0.733. The SMILES string of the molecule is Cc1ccc(=O)n(CC(O)c2ccc(C(C)C)cc2)n1. The molecule has 0 spiro atoms. The first-order valence-electron chi connectivity index (χ1n) is 6.80. The lowest BCUT2D eigenvalue weighted by Crippen LogP contribution is -2.25. The third kappa shape index (κ3) is 3.33. The second-order valence-electron chi connectivity index (χ2n) is 5.33. The Morgan fingerprint density at radius 2 is 1.70 bits per heavy atom. The van der Waals surface area contributed by atoms with Crippen LogP contribution in [-0.2, 0) is 6.54 Å². The zero-order chi connectivity index (χ0) is 14.7. The van der Waals surface area contributed by atoms with Crippen LogP contribution in [0.3, 0.4) is 0 Å². The van der Waals surface area contributed by atoms with Crippen LogP contribution in [0.25, 0.3) is 0 Å². The highest BCUT2D eigenvalue weighted by Crippen LogP contribution is 2.19. The Kier molecular flexibility index (Phi) is 4.35. The van der Waals surface area contributed by atoms with Gasteiger partial charge in [-0.2, -0.15) is 5.10 Å². The van der Waals surface area contributed by atoms with Crippen molar-refractivity contribution in [1.29, 1.82) is 0 Å². The van der Waals surface area contributed by atoms with Crippen molar-refractivity contribution in [2.45, 2.75) is 39.3 Å². The molecule has 106 valence electrons. The summed E-state index contributed by atoms with van der Waals surface area (Å²) in [6, 6.07) is 11.0. The quantitative estimate of drug-likeness (QED) is 0.930. The third-order valence-corrected chi connectivity index (χ3v) is 3.33. The maximum Gasteiger partial charge on any atom is 0.266 e. The van der Waals surface area contributed by atoms with Gasteiger partial charge < -0.3 is 5.11 Å². The number of nitrogens with zero attached hydrogens (tertiary/aromatic N) is 2. The van der Waals surface area contributed by atoms with E-state index in [4.69, 9.17) is 0 Å². The van der Waals surface area contributed by atoms with Crippen molar-refractivity contribution < 1.29 is 5.11 Å². The monoisotopic (exact) mass is 272 g/mol. The van der Waals surface area contributed by atoms with Gasteiger partial charge in [0.1, 0.15) is 0 Å². The summed E-state index contributed by atoms with van der Waals surface area (Å²) in [7, 11) is 0. The van der Waals surface area contributed by atoms with Crippen molar-refractivity contribution in [3.8, 4) is 0 Å². The van der Waals surface area contributed by atoms with Gasteiger partial charge in [-0.3, -0.25) is 4.79 Å². The molecule has 4 nitrogen and oxygen atoms in total. The molecule has 4 heteroatoms. The Bertz CT molecular complexity index is 630. The molecule has 1 aromatic heterocycles. The third-order valence-electron chi connectivity index (χ3n) is 3.33. The van der Waals surface area contributed by atoms with Crippen molar-refractivity contribution >= 4 is 0 Å². The zero-order valence-corrected chi connectivity index (χ0v) is 12.1. The van der Waals surface area contributed by atoms with Crippen molar-refractivity contribution in [1.82, 2.24) is 9.78 Å². The summed E-state index contributed by atoms with van der Waals surface area (Å²) < 4.78 is 1.30. The van der Waals surface area contributed by atoms with Crippen molar-refractivity contribution in [2.24, 2.45) is 0 Å². The molecule has 0 aliphatic carbocycles. The highest BCUT2D eigenvalue weighted by atomic mass is 16.3. The van der Waals surface area contributed by atoms with E-state index in [-0.39, 0.29) is 12.1 Å². The molecule has 0 amide bonds. The average Bonchev–Trinajstić information content (AvgIpc) is 2.43. The predicted octanol–water partition coefficient (Wildman–Crippen LogP) is 2.41. The second kappa shape index (κ2) is 6.01. The van der Waals surface area contributed by atoms with Crippen LogP contribution in [0.2, 0.25) is 0 Å². The van der Waals surface area contributed by atoms with Crippen molar-refractivity contribution in [2.75, 3.05) is 0 Å². The molecule has 0 fully saturated rings. The molecule has 1 N–H and O–H groups in total. The summed E-state index contributed by atoms with van der Waals surface area (Å²) in [4.78, 5) is 11.7. The second-order valence-corrected chi connectivity index (χ2v) is 5.33. The number of hydrogen-bond acceptors (Lipinski definition) is 3. The standard InChI is InChI=1S/C16H20N2O2/c1-11(2)13-5-7-14(8-6-13)15(19)10-18-16(20)9-4-12(3)17-18/h4-9,11,15,19H,10H2,1-3H3. The minimum absolute atomic E-state index is 0.168. The molecule has 1 heterocycles. The van der Waals surface area contributed by atoms with E-state index in [9.17, 15) is 9.90 Å². The van der Waals surface area contributed by atoms with Crippen LogP contribution >= 0.6 is 0 Å². The van der Waals surface area contributed by atoms with E-state index in [2.05, 4.69) is 18.9 Å². The number of rotatable bonds is 4. The van der Waals surface area contributed by atoms with Gasteiger partial charge in [-0.25, -0.2) is 4.68 Å². The first kappa shape index (κ1) is 14.5. The van der Waals surface area contributed by atoms with Crippen molar-refractivity contribution in [3.63, 3.8) is 0 Å². The van der Waals surface area contributed by atoms with E-state index in [1.807, 2.05) is 31.2 Å². The van der Waals surface area contributed by atoms with Crippen LogP contribution < -0.4 is 5.56 Å². The number of aliphatic hydroxyl groups is 1. The first-order valence-corrected chi connectivity index (χ1v) is 6.80. The fourth-order valence-corrected chi connectivity index (χ4v) is 2.05. The van der Waals surface area contributed by atoms with Gasteiger partial charge in [0.05, 0.1) is 18.3 Å². The van der Waals surface area contributed by atoms with E-state index in [1.54, 1.807) is 6.07 Å². The van der Waals surface area contributed by atoms with E-state index < -0.39 is 6.10 Å². The highest BCUT2D eigenvalue weighted by molar-refractivity contribution is 5.26. The van der Waals surface area contributed by atoms with Gasteiger partial charge in [0.25, 0.3) is 5.56 Å². The Morgan fingerprint density at radius 1 is 1.10 bits per heavy atom. The molecule has 0 aliphatic heterocycles. The number of aryl methyl sites for hydroxylation is 1. The number of hydrogen-bond donors (Lipinski definition) is 1. The molecule has 0 saturated heterocycles. The fraction of sp³-hybridized carbons (Fsp3) is 0.375. The minimum atomic E-state index is -0.733. The van der Waals surface area contributed by atoms with E-state index in [0.29, 0.717) is 5.92 Å². The number of benzene rings is 1. The smallest absolute Gasteiger partial charge is 0.266 e. The molecule has 0 bridgehead atoms. The summed E-state index contributed by atoms with van der Waals surface area (Å²) >= 11 is 0. The highest BCUT2D eigenvalue weighted by Gasteiger charge is 2.10. The van der Waals surface area contributed by atoms with Gasteiger partial charge in [0, 0.05) is 6.07 Å². The van der Waals surface area contributed by atoms with Gasteiger partial charge in [-0.15, -0.1) is 0 Å². The van der Waals surface area contributed by atoms with E-state index >= 15 is 0 Å². The molecule has 20 heavy (non-hydrogen) atoms. The lowest BCUT2D eigenvalue weighted by atomic mass is 10.00. The molecule has 2 aromatic rings. The Balaban J connectivity index is 2.17. The van der Waals surface area contributed by atoms with Gasteiger partial charge >= 0.3 is 0 Å². The van der Waals surface area contributed by atoms with E-state index in [1.165, 1.54) is 16.3 Å². The van der Waals surface area contributed by atoms with Gasteiger partial charge in [-0.1, -0.05) is 38.1 Å². The Hall–Kier alpha value is -1.94. The summed E-state index contributed by atoms with van der Waals surface area (Å²) in [6.45, 7) is 6.24. The van der Waals surface area contributed by atoms with Crippen molar-refractivity contribution in [3.05, 3.63) is 63.6 Å². The van der Waals surface area contributed by atoms with Gasteiger partial charge in [-0.05, 0) is 30.0 Å². The van der Waals surface area contributed by atoms with E-state index in [0.717, 1.165) is 11.3 Å². The maximum atomic E-state index is 11.7. The topological polar surface area (TPSA) is 55.1 Å². The predicted molar refractivity (Wildman–Crippen MR) is 78.7 cm³/mol. The minimum Gasteiger partial charge on any atom is -0.386 e. The number of aliphatic hydroxyl groups excluding tert-OH is 1. The van der Waals surface area contributed by atoms with Gasteiger partial charge in [0.15, 0.2) is 0 Å². The Labute approximate surface area is 118 Å². The Morgan fingerprint density at radius 3 is 2.30 bits per heavy atom. The molecule has 0 radical (unpaired) electrons. The molecule has 2 rings (SSSR count). The maximum absolute atomic E-state index is 11.7. The van der Waals surface area contributed by atoms with Crippen LogP contribution in [-0.4, -0.2) is 14.9 Å². The van der Waals surface area contributed by atoms with Crippen LogP contribution in [0.4, 0.5) is 0 Å². The lowest BCUT2D eigenvalue weighted by molar-refractivity contribution is 0.149. The molecule has 1 atom stereocenters. The summed E-state index contributed by atoms with van der Waals surface area (Å²) in [5.74, 6) is 0.460. The molecule has 0 saturated carbocycles. The normalized spacial score (nSPS) is 12.7. The molecule has 0 aliphatic rings. The molecular formula is C16H20N2O2.